The van der Waals surface area contributed by atoms with Crippen LogP contribution in [0.5, 0.6) is 11.5 Å². The third-order valence-electron chi connectivity index (χ3n) is 7.32. The van der Waals surface area contributed by atoms with Crippen LogP contribution in [0.15, 0.2) is 23.8 Å². The second-order valence-corrected chi connectivity index (χ2v) is 12.5. The first kappa shape index (κ1) is 39.1. The lowest BCUT2D eigenvalue weighted by Crippen LogP contribution is -2.57. The minimum Gasteiger partial charge on any atom is -0.493 e. The molecule has 0 saturated heterocycles. The number of esters is 1. The normalized spacial score (nSPS) is 15.0. The fraction of sp³-hybridized carbons (Fsp3) is 0.697. The highest BCUT2D eigenvalue weighted by Gasteiger charge is 2.42. The van der Waals surface area contributed by atoms with Gasteiger partial charge in [0.05, 0.1) is 38.1 Å². The van der Waals surface area contributed by atoms with Crippen molar-refractivity contribution in [2.45, 2.75) is 97.0 Å². The van der Waals surface area contributed by atoms with Crippen molar-refractivity contribution in [3.05, 3.63) is 29.3 Å². The van der Waals surface area contributed by atoms with Crippen molar-refractivity contribution >= 4 is 17.8 Å². The fourth-order valence-electron chi connectivity index (χ4n) is 4.74. The van der Waals surface area contributed by atoms with Crippen LogP contribution in [0, 0.1) is 11.8 Å². The van der Waals surface area contributed by atoms with Gasteiger partial charge in [-0.3, -0.25) is 9.59 Å². The van der Waals surface area contributed by atoms with Gasteiger partial charge in [0.1, 0.15) is 17.6 Å². The highest BCUT2D eigenvalue weighted by molar-refractivity contribution is 5.92. The van der Waals surface area contributed by atoms with E-state index in [1.165, 1.54) is 14.0 Å². The molecule has 250 valence electrons. The summed E-state index contributed by atoms with van der Waals surface area (Å²) in [4.78, 5) is 36.6. The maximum Gasteiger partial charge on any atom is 0.305 e. The van der Waals surface area contributed by atoms with E-state index < -0.39 is 35.2 Å². The van der Waals surface area contributed by atoms with Gasteiger partial charge in [0.15, 0.2) is 11.5 Å². The van der Waals surface area contributed by atoms with Crippen molar-refractivity contribution in [2.75, 3.05) is 41.1 Å². The molecule has 1 aromatic carbocycles. The van der Waals surface area contributed by atoms with Crippen LogP contribution in [-0.2, 0) is 35.0 Å². The van der Waals surface area contributed by atoms with E-state index in [1.807, 2.05) is 39.0 Å². The molecule has 0 saturated carbocycles. The Bertz CT molecular complexity index is 1090. The Morgan fingerprint density at radius 2 is 1.73 bits per heavy atom. The van der Waals surface area contributed by atoms with Crippen molar-refractivity contribution in [2.24, 2.45) is 17.6 Å². The van der Waals surface area contributed by atoms with Crippen molar-refractivity contribution < 1.29 is 43.2 Å². The Kier molecular flexibility index (Phi) is 16.7. The molecule has 0 radical (unpaired) electrons. The van der Waals surface area contributed by atoms with Crippen LogP contribution in [-0.4, -0.2) is 87.4 Å². The Morgan fingerprint density at radius 1 is 1.05 bits per heavy atom. The first-order valence-electron chi connectivity index (χ1n) is 15.1. The van der Waals surface area contributed by atoms with Gasteiger partial charge >= 0.3 is 5.97 Å². The zero-order valence-corrected chi connectivity index (χ0v) is 28.0. The number of hydrogen-bond donors (Lipinski definition) is 3. The topological polar surface area (TPSA) is 156 Å². The molecule has 0 fully saturated rings. The average Bonchev–Trinajstić information content (AvgIpc) is 2.95. The van der Waals surface area contributed by atoms with Gasteiger partial charge in [0.2, 0.25) is 5.91 Å². The van der Waals surface area contributed by atoms with E-state index in [9.17, 15) is 19.5 Å². The molecule has 1 amide bonds. The van der Waals surface area contributed by atoms with E-state index in [1.54, 1.807) is 20.2 Å². The highest BCUT2D eigenvalue weighted by atomic mass is 16.5. The minimum absolute atomic E-state index is 0.0100. The van der Waals surface area contributed by atoms with Crippen molar-refractivity contribution in [1.82, 2.24) is 5.32 Å². The van der Waals surface area contributed by atoms with E-state index in [0.717, 1.165) is 12.0 Å². The molecule has 4 atom stereocenters. The Morgan fingerprint density at radius 3 is 2.27 bits per heavy atom. The van der Waals surface area contributed by atoms with Crippen LogP contribution in [0.4, 0.5) is 0 Å². The number of aliphatic hydroxyl groups is 1. The summed E-state index contributed by atoms with van der Waals surface area (Å²) in [6.07, 6.45) is -0.183. The van der Waals surface area contributed by atoms with Crippen LogP contribution < -0.4 is 20.5 Å². The number of aliphatic hydroxyl groups excluding tert-OH is 1. The summed E-state index contributed by atoms with van der Waals surface area (Å²) in [5, 5.41) is 14.2. The Labute approximate surface area is 262 Å². The zero-order chi connectivity index (χ0) is 33.5. The lowest BCUT2D eigenvalue weighted by Gasteiger charge is -2.37. The average molecular weight is 623 g/mol. The standard InChI is InChI=1S/C33H54N2O9/c1-22(2)24(18-23-13-14-26(41-8)27(19-23)43-17-11-16-40-7)20-28(44-32(3,4)5)30(38)25(21-36)33(6,34)31(39)35-15-10-12-29(37)42-9/h13-14,19,22,24,28,30,38H,10-12,15-18,20,34H2,1-9H3,(H,35,39)/t24-,28-,30-,33+/m0/s1. The molecular formula is C33H54N2O9. The van der Waals surface area contributed by atoms with Gasteiger partial charge in [-0.15, -0.1) is 0 Å². The summed E-state index contributed by atoms with van der Waals surface area (Å²) in [6, 6.07) is 5.80. The number of nitrogens with one attached hydrogen (secondary N) is 1. The molecular weight excluding hydrogens is 568 g/mol. The van der Waals surface area contributed by atoms with Crippen LogP contribution in [0.3, 0.4) is 0 Å². The summed E-state index contributed by atoms with van der Waals surface area (Å²) in [5.74, 6) is 2.11. The van der Waals surface area contributed by atoms with Crippen molar-refractivity contribution in [3.63, 3.8) is 0 Å². The number of methoxy groups -OCH3 is 3. The third-order valence-corrected chi connectivity index (χ3v) is 7.32. The zero-order valence-electron chi connectivity index (χ0n) is 28.0. The number of hydrogen-bond acceptors (Lipinski definition) is 10. The number of carbonyl (C=O) groups excluding carboxylic acids is 3. The van der Waals surface area contributed by atoms with E-state index in [0.29, 0.717) is 44.0 Å². The lowest BCUT2D eigenvalue weighted by atomic mass is 9.80. The SMILES string of the molecule is COCCCOc1cc(C[C@@H](C[C@H](OC(C)(C)C)[C@@H](O)C(=C=O)[C@@](C)(N)C(=O)NCCCC(=O)OC)C(C)C)ccc1OC. The molecule has 0 spiro atoms. The maximum absolute atomic E-state index is 13.0. The summed E-state index contributed by atoms with van der Waals surface area (Å²) in [7, 11) is 4.53. The van der Waals surface area contributed by atoms with Gasteiger partial charge in [0, 0.05) is 33.1 Å². The Hall–Kier alpha value is -2.95. The molecule has 1 rings (SSSR count). The third kappa shape index (κ3) is 13.0. The molecule has 44 heavy (non-hydrogen) atoms. The number of ether oxygens (including phenoxy) is 5. The second kappa shape index (κ2) is 18.8. The first-order chi connectivity index (χ1) is 20.6. The maximum atomic E-state index is 13.0. The molecule has 11 heteroatoms. The van der Waals surface area contributed by atoms with E-state index in [-0.39, 0.29) is 30.4 Å². The number of rotatable bonds is 20. The van der Waals surface area contributed by atoms with E-state index in [2.05, 4.69) is 23.9 Å². The quantitative estimate of drug-likeness (QED) is 0.112. The lowest BCUT2D eigenvalue weighted by molar-refractivity contribution is -0.140. The van der Waals surface area contributed by atoms with Crippen LogP contribution in [0.1, 0.15) is 72.8 Å². The largest absolute Gasteiger partial charge is 0.493 e. The van der Waals surface area contributed by atoms with Crippen LogP contribution >= 0.6 is 0 Å². The number of benzene rings is 1. The Balaban J connectivity index is 3.21. The molecule has 0 aliphatic heterocycles. The van der Waals surface area contributed by atoms with Gasteiger partial charge in [-0.05, 0) is 76.5 Å². The van der Waals surface area contributed by atoms with Gasteiger partial charge in [0.25, 0.3) is 0 Å². The molecule has 0 heterocycles. The van der Waals surface area contributed by atoms with Gasteiger partial charge in [-0.25, -0.2) is 4.79 Å². The summed E-state index contributed by atoms with van der Waals surface area (Å²) in [6.45, 7) is 12.3. The molecule has 0 aliphatic rings. The van der Waals surface area contributed by atoms with Crippen LogP contribution in [0.25, 0.3) is 0 Å². The minimum atomic E-state index is -1.87. The van der Waals surface area contributed by atoms with E-state index >= 15 is 0 Å². The molecule has 0 aromatic heterocycles. The van der Waals surface area contributed by atoms with Crippen molar-refractivity contribution in [1.29, 1.82) is 0 Å². The van der Waals surface area contributed by atoms with Crippen molar-refractivity contribution in [3.8, 4) is 11.5 Å². The molecule has 1 aromatic rings. The molecule has 0 unspecified atom stereocenters. The highest BCUT2D eigenvalue weighted by Crippen LogP contribution is 2.33. The van der Waals surface area contributed by atoms with E-state index in [4.69, 9.17) is 24.7 Å². The summed E-state index contributed by atoms with van der Waals surface area (Å²) < 4.78 is 27.5. The summed E-state index contributed by atoms with van der Waals surface area (Å²) in [5.41, 5.74) is 4.51. The molecule has 0 aliphatic carbocycles. The number of amides is 1. The smallest absolute Gasteiger partial charge is 0.305 e. The fourth-order valence-corrected chi connectivity index (χ4v) is 4.74. The molecule has 4 N–H and O–H groups in total. The predicted octanol–water partition coefficient (Wildman–Crippen LogP) is 3.40. The number of carbonyl (C=O) groups is 2. The predicted molar refractivity (Wildman–Crippen MR) is 168 cm³/mol. The monoisotopic (exact) mass is 622 g/mol. The van der Waals surface area contributed by atoms with Gasteiger partial charge in [-0.2, -0.15) is 0 Å². The molecule has 11 nitrogen and oxygen atoms in total. The van der Waals surface area contributed by atoms with Crippen LogP contribution in [0.2, 0.25) is 0 Å². The molecule has 0 bridgehead atoms. The van der Waals surface area contributed by atoms with Gasteiger partial charge in [-0.1, -0.05) is 19.9 Å². The van der Waals surface area contributed by atoms with Gasteiger partial charge < -0.3 is 39.8 Å². The second-order valence-electron chi connectivity index (χ2n) is 12.5. The summed E-state index contributed by atoms with van der Waals surface area (Å²) >= 11 is 0. The first-order valence-corrected chi connectivity index (χ1v) is 15.1. The number of nitrogens with two attached hydrogens (primary N) is 1.